The molecule has 78 valence electrons. The number of aromatic nitrogens is 1. The van der Waals surface area contributed by atoms with Gasteiger partial charge in [-0.15, -0.1) is 0 Å². The largest absolute Gasteiger partial charge is 0.298 e. The van der Waals surface area contributed by atoms with E-state index in [2.05, 4.69) is 11.1 Å². The number of hydrogen-bond donors (Lipinski definition) is 0. The van der Waals surface area contributed by atoms with Gasteiger partial charge in [0, 0.05) is 22.2 Å². The Kier molecular flexibility index (Phi) is 2.07. The summed E-state index contributed by atoms with van der Waals surface area (Å²) in [5, 5.41) is 0.947. The van der Waals surface area contributed by atoms with Gasteiger partial charge in [0.15, 0.2) is 6.29 Å². The van der Waals surface area contributed by atoms with Crippen molar-refractivity contribution in [2.75, 3.05) is 0 Å². The number of aldehydes is 1. The van der Waals surface area contributed by atoms with E-state index in [1.165, 1.54) is 0 Å². The van der Waals surface area contributed by atoms with Crippen LogP contribution in [0.4, 0.5) is 0 Å². The maximum absolute atomic E-state index is 11.2. The van der Waals surface area contributed by atoms with E-state index in [1.807, 2.05) is 30.3 Å². The molecule has 0 unspecified atom stereocenters. The van der Waals surface area contributed by atoms with Gasteiger partial charge >= 0.3 is 0 Å². The number of hydrogen-bond acceptors (Lipinski definition) is 2. The minimum Gasteiger partial charge on any atom is -0.298 e. The molecule has 0 radical (unpaired) electrons. The van der Waals surface area contributed by atoms with Crippen molar-refractivity contribution in [2.24, 2.45) is 0 Å². The topological polar surface area (TPSA) is 30.0 Å². The Morgan fingerprint density at radius 2 is 2.12 bits per heavy atom. The molecule has 0 amide bonds. The van der Waals surface area contributed by atoms with E-state index in [1.54, 1.807) is 0 Å². The van der Waals surface area contributed by atoms with Crippen molar-refractivity contribution in [3.05, 3.63) is 47.2 Å². The molecule has 1 aliphatic carbocycles. The number of nitrogens with zero attached hydrogens (tertiary/aromatic N) is 1. The normalized spacial score (nSPS) is 13.8. The zero-order chi connectivity index (χ0) is 11.0. The number of aryl methyl sites for hydroxylation is 1. The van der Waals surface area contributed by atoms with Crippen LogP contribution in [-0.4, -0.2) is 11.3 Å². The Bertz CT molecular complexity index is 599. The van der Waals surface area contributed by atoms with Gasteiger partial charge < -0.3 is 0 Å². The van der Waals surface area contributed by atoms with Crippen molar-refractivity contribution in [3.63, 3.8) is 0 Å². The van der Waals surface area contributed by atoms with Crippen LogP contribution in [0.15, 0.2) is 30.3 Å². The van der Waals surface area contributed by atoms with Crippen LogP contribution in [0.1, 0.15) is 28.0 Å². The molecule has 3 rings (SSSR count). The lowest BCUT2D eigenvalue weighted by Crippen LogP contribution is -2.03. The highest BCUT2D eigenvalue weighted by atomic mass is 16.1. The number of benzene rings is 1. The highest BCUT2D eigenvalue weighted by Crippen LogP contribution is 2.26. The van der Waals surface area contributed by atoms with Gasteiger partial charge in [0.05, 0.1) is 5.52 Å². The lowest BCUT2D eigenvalue weighted by atomic mass is 9.95. The number of para-hydroxylation sites is 1. The first-order chi connectivity index (χ1) is 7.90. The Balaban J connectivity index is 2.45. The van der Waals surface area contributed by atoms with Crippen molar-refractivity contribution in [1.82, 2.24) is 4.98 Å². The van der Waals surface area contributed by atoms with Gasteiger partial charge in [-0.3, -0.25) is 9.78 Å². The first kappa shape index (κ1) is 9.28. The molecule has 0 aliphatic heterocycles. The SMILES string of the molecule is O=Cc1c2c(nc3ccccc13)CCC=C2. The van der Waals surface area contributed by atoms with Crippen LogP contribution < -0.4 is 0 Å². The predicted molar refractivity (Wildman–Crippen MR) is 64.5 cm³/mol. The third-order valence-corrected chi connectivity index (χ3v) is 3.00. The summed E-state index contributed by atoms with van der Waals surface area (Å²) < 4.78 is 0. The van der Waals surface area contributed by atoms with E-state index in [0.29, 0.717) is 0 Å². The summed E-state index contributed by atoms with van der Waals surface area (Å²) in [6.45, 7) is 0. The number of pyridine rings is 1. The van der Waals surface area contributed by atoms with E-state index in [4.69, 9.17) is 0 Å². The molecular formula is C14H11NO. The molecule has 1 aromatic heterocycles. The second-order valence-corrected chi connectivity index (χ2v) is 3.96. The summed E-state index contributed by atoms with van der Waals surface area (Å²) >= 11 is 0. The molecule has 2 heteroatoms. The first-order valence-electron chi connectivity index (χ1n) is 5.43. The first-order valence-corrected chi connectivity index (χ1v) is 5.43. The molecule has 1 aliphatic rings. The van der Waals surface area contributed by atoms with Crippen LogP contribution in [0.2, 0.25) is 0 Å². The lowest BCUT2D eigenvalue weighted by molar-refractivity contribution is 0.112. The van der Waals surface area contributed by atoms with Crippen molar-refractivity contribution >= 4 is 23.3 Å². The molecule has 0 saturated heterocycles. The second-order valence-electron chi connectivity index (χ2n) is 3.96. The van der Waals surface area contributed by atoms with E-state index in [-0.39, 0.29) is 0 Å². The second kappa shape index (κ2) is 3.56. The number of carbonyl (C=O) groups excluding carboxylic acids is 1. The summed E-state index contributed by atoms with van der Waals surface area (Å²) in [7, 11) is 0. The van der Waals surface area contributed by atoms with Crippen LogP contribution in [0.5, 0.6) is 0 Å². The molecule has 0 spiro atoms. The standard InChI is InChI=1S/C14H11NO/c16-9-12-10-5-1-3-7-13(10)15-14-8-4-2-6-11(12)14/h1-3,5-7,9H,4,8H2. The van der Waals surface area contributed by atoms with Crippen molar-refractivity contribution in [3.8, 4) is 0 Å². The van der Waals surface area contributed by atoms with Crippen LogP contribution >= 0.6 is 0 Å². The molecule has 0 fully saturated rings. The monoisotopic (exact) mass is 209 g/mol. The Labute approximate surface area is 93.6 Å². The number of fused-ring (bicyclic) bond motifs is 2. The fourth-order valence-electron chi connectivity index (χ4n) is 2.23. The minimum atomic E-state index is 0.775. The lowest BCUT2D eigenvalue weighted by Gasteiger charge is -2.13. The van der Waals surface area contributed by atoms with Crippen LogP contribution in [0.25, 0.3) is 17.0 Å². The van der Waals surface area contributed by atoms with Crippen LogP contribution in [0.3, 0.4) is 0 Å². The smallest absolute Gasteiger partial charge is 0.151 e. The van der Waals surface area contributed by atoms with Gasteiger partial charge in [-0.2, -0.15) is 0 Å². The van der Waals surface area contributed by atoms with Crippen LogP contribution in [-0.2, 0) is 6.42 Å². The summed E-state index contributed by atoms with van der Waals surface area (Å²) in [6, 6.07) is 7.81. The number of rotatable bonds is 1. The van der Waals surface area contributed by atoms with E-state index in [0.717, 1.165) is 46.9 Å². The van der Waals surface area contributed by atoms with Gasteiger partial charge in [0.25, 0.3) is 0 Å². The number of carbonyl (C=O) groups is 1. The Morgan fingerprint density at radius 1 is 1.25 bits per heavy atom. The molecule has 2 aromatic rings. The fourth-order valence-corrected chi connectivity index (χ4v) is 2.23. The third-order valence-electron chi connectivity index (χ3n) is 3.00. The minimum absolute atomic E-state index is 0.775. The Morgan fingerprint density at radius 3 is 3.00 bits per heavy atom. The number of allylic oxidation sites excluding steroid dienone is 1. The molecule has 1 aromatic carbocycles. The summed E-state index contributed by atoms with van der Waals surface area (Å²) in [4.78, 5) is 15.8. The molecule has 1 heterocycles. The van der Waals surface area contributed by atoms with Crippen molar-refractivity contribution < 1.29 is 4.79 Å². The quantitative estimate of drug-likeness (QED) is 0.676. The summed E-state index contributed by atoms with van der Waals surface area (Å²) in [5.41, 5.74) is 3.73. The van der Waals surface area contributed by atoms with Gasteiger partial charge in [-0.1, -0.05) is 30.4 Å². The zero-order valence-electron chi connectivity index (χ0n) is 8.81. The molecule has 16 heavy (non-hydrogen) atoms. The molecule has 0 atom stereocenters. The van der Waals surface area contributed by atoms with Gasteiger partial charge in [0.1, 0.15) is 0 Å². The van der Waals surface area contributed by atoms with Gasteiger partial charge in [-0.25, -0.2) is 0 Å². The predicted octanol–water partition coefficient (Wildman–Crippen LogP) is 3.01. The maximum Gasteiger partial charge on any atom is 0.151 e. The van der Waals surface area contributed by atoms with E-state index >= 15 is 0 Å². The van der Waals surface area contributed by atoms with Crippen molar-refractivity contribution in [1.29, 1.82) is 0 Å². The van der Waals surface area contributed by atoms with Gasteiger partial charge in [0.2, 0.25) is 0 Å². The van der Waals surface area contributed by atoms with E-state index in [9.17, 15) is 4.79 Å². The summed E-state index contributed by atoms with van der Waals surface area (Å²) in [6.07, 6.45) is 7.00. The molecular weight excluding hydrogens is 198 g/mol. The van der Waals surface area contributed by atoms with Gasteiger partial charge in [-0.05, 0) is 18.9 Å². The average Bonchev–Trinajstić information content (AvgIpc) is 2.36. The highest BCUT2D eigenvalue weighted by molar-refractivity contribution is 6.00. The average molecular weight is 209 g/mol. The Hall–Kier alpha value is -1.96. The molecule has 0 bridgehead atoms. The van der Waals surface area contributed by atoms with Crippen molar-refractivity contribution in [2.45, 2.75) is 12.8 Å². The zero-order valence-corrected chi connectivity index (χ0v) is 8.81. The van der Waals surface area contributed by atoms with Crippen LogP contribution in [0, 0.1) is 0 Å². The molecule has 0 saturated carbocycles. The molecule has 2 nitrogen and oxygen atoms in total. The maximum atomic E-state index is 11.2. The molecule has 0 N–H and O–H groups in total. The highest BCUT2D eigenvalue weighted by Gasteiger charge is 2.13. The summed E-state index contributed by atoms with van der Waals surface area (Å²) in [5.74, 6) is 0. The fraction of sp³-hybridized carbons (Fsp3) is 0.143. The van der Waals surface area contributed by atoms with E-state index < -0.39 is 0 Å². The third kappa shape index (κ3) is 1.27.